The molecule has 1 aromatic heterocycles. The first kappa shape index (κ1) is 21.1. The van der Waals surface area contributed by atoms with Crippen LogP contribution in [0.15, 0.2) is 23.3 Å². The van der Waals surface area contributed by atoms with Gasteiger partial charge in [-0.25, -0.2) is 8.42 Å². The Hall–Kier alpha value is -0.900. The fourth-order valence-electron chi connectivity index (χ4n) is 2.62. The number of aromatic nitrogens is 1. The van der Waals surface area contributed by atoms with Crippen molar-refractivity contribution in [3.63, 3.8) is 0 Å². The van der Waals surface area contributed by atoms with Gasteiger partial charge in [0, 0.05) is 38.6 Å². The van der Waals surface area contributed by atoms with Crippen molar-refractivity contribution in [1.82, 2.24) is 15.2 Å². The SMILES string of the molecule is CN=C(NCCc1ccc(C)nc1)N1CCS(=O)(=O)C(C)(C)C1.I. The van der Waals surface area contributed by atoms with Crippen LogP contribution in [0.2, 0.25) is 0 Å². The first-order valence-electron chi connectivity index (χ1n) is 7.84. The smallest absolute Gasteiger partial charge is 0.193 e. The number of sulfone groups is 1. The molecule has 0 bridgehead atoms. The van der Waals surface area contributed by atoms with Gasteiger partial charge in [-0.2, -0.15) is 0 Å². The van der Waals surface area contributed by atoms with Crippen LogP contribution in [-0.2, 0) is 16.3 Å². The number of nitrogens with zero attached hydrogens (tertiary/aromatic N) is 3. The van der Waals surface area contributed by atoms with E-state index in [0.717, 1.165) is 24.6 Å². The van der Waals surface area contributed by atoms with E-state index in [4.69, 9.17) is 0 Å². The van der Waals surface area contributed by atoms with Crippen LogP contribution in [0.1, 0.15) is 25.1 Å². The molecule has 0 aliphatic carbocycles. The summed E-state index contributed by atoms with van der Waals surface area (Å²) in [7, 11) is -1.31. The van der Waals surface area contributed by atoms with Crippen LogP contribution >= 0.6 is 24.0 Å². The summed E-state index contributed by atoms with van der Waals surface area (Å²) in [5.74, 6) is 0.927. The molecular weight excluding hydrogens is 439 g/mol. The second kappa shape index (κ2) is 8.46. The van der Waals surface area contributed by atoms with Crippen molar-refractivity contribution in [2.75, 3.05) is 32.4 Å². The normalized spacial score (nSPS) is 19.5. The highest BCUT2D eigenvalue weighted by Crippen LogP contribution is 2.23. The lowest BCUT2D eigenvalue weighted by Crippen LogP contribution is -2.57. The number of aryl methyl sites for hydroxylation is 1. The third-order valence-electron chi connectivity index (χ3n) is 4.22. The minimum absolute atomic E-state index is 0. The molecule has 6 nitrogen and oxygen atoms in total. The van der Waals surface area contributed by atoms with E-state index < -0.39 is 14.6 Å². The standard InChI is InChI=1S/C16H26N4O2S.HI/c1-13-5-6-14(11-19-13)7-8-18-15(17-4)20-9-10-23(21,22)16(2,3)12-20;/h5-6,11H,7-10,12H2,1-4H3,(H,17,18);1H. The molecule has 8 heteroatoms. The predicted octanol–water partition coefficient (Wildman–Crippen LogP) is 1.63. The Kier molecular flexibility index (Phi) is 7.45. The molecule has 1 fully saturated rings. The maximum atomic E-state index is 12.1. The fourth-order valence-corrected chi connectivity index (χ4v) is 3.99. The lowest BCUT2D eigenvalue weighted by molar-refractivity contribution is 0.353. The van der Waals surface area contributed by atoms with E-state index in [1.165, 1.54) is 5.56 Å². The molecule has 24 heavy (non-hydrogen) atoms. The van der Waals surface area contributed by atoms with Gasteiger partial charge in [-0.15, -0.1) is 24.0 Å². The minimum atomic E-state index is -3.04. The summed E-state index contributed by atoms with van der Waals surface area (Å²) in [6, 6.07) is 4.07. The van der Waals surface area contributed by atoms with E-state index in [0.29, 0.717) is 13.1 Å². The Morgan fingerprint density at radius 1 is 1.42 bits per heavy atom. The maximum absolute atomic E-state index is 12.1. The molecule has 1 aromatic rings. The maximum Gasteiger partial charge on any atom is 0.193 e. The van der Waals surface area contributed by atoms with Gasteiger partial charge >= 0.3 is 0 Å². The van der Waals surface area contributed by atoms with Crippen LogP contribution in [0.5, 0.6) is 0 Å². The van der Waals surface area contributed by atoms with Crippen LogP contribution in [-0.4, -0.2) is 61.4 Å². The Balaban J connectivity index is 0.00000288. The largest absolute Gasteiger partial charge is 0.356 e. The molecule has 1 saturated heterocycles. The summed E-state index contributed by atoms with van der Waals surface area (Å²) >= 11 is 0. The molecule has 0 spiro atoms. The van der Waals surface area contributed by atoms with E-state index in [2.05, 4.69) is 21.4 Å². The number of hydrogen-bond acceptors (Lipinski definition) is 4. The van der Waals surface area contributed by atoms with Crippen molar-refractivity contribution >= 4 is 39.8 Å². The average Bonchev–Trinajstić information content (AvgIpc) is 2.49. The number of rotatable bonds is 3. The summed E-state index contributed by atoms with van der Waals surface area (Å²) in [6.45, 7) is 7.20. The fraction of sp³-hybridized carbons (Fsp3) is 0.625. The molecular formula is C16H27IN4O2S. The molecule has 0 saturated carbocycles. The lowest BCUT2D eigenvalue weighted by atomic mass is 10.2. The highest BCUT2D eigenvalue weighted by Gasteiger charge is 2.40. The Labute approximate surface area is 162 Å². The van der Waals surface area contributed by atoms with E-state index in [1.54, 1.807) is 20.9 Å². The number of halogens is 1. The topological polar surface area (TPSA) is 74.7 Å². The number of hydrogen-bond donors (Lipinski definition) is 1. The van der Waals surface area contributed by atoms with Crippen LogP contribution in [0.25, 0.3) is 0 Å². The van der Waals surface area contributed by atoms with Gasteiger partial charge in [-0.1, -0.05) is 6.07 Å². The van der Waals surface area contributed by atoms with Gasteiger partial charge in [-0.3, -0.25) is 9.98 Å². The quantitative estimate of drug-likeness (QED) is 0.417. The van der Waals surface area contributed by atoms with Gasteiger partial charge < -0.3 is 10.2 Å². The van der Waals surface area contributed by atoms with E-state index >= 15 is 0 Å². The molecule has 2 heterocycles. The third kappa shape index (κ3) is 5.05. The molecule has 1 aliphatic rings. The minimum Gasteiger partial charge on any atom is -0.356 e. The van der Waals surface area contributed by atoms with Crippen LogP contribution in [0, 0.1) is 6.92 Å². The van der Waals surface area contributed by atoms with Crippen molar-refractivity contribution in [3.05, 3.63) is 29.6 Å². The van der Waals surface area contributed by atoms with Gasteiger partial charge in [0.25, 0.3) is 0 Å². The highest BCUT2D eigenvalue weighted by molar-refractivity contribution is 14.0. The number of aliphatic imine (C=N–C) groups is 1. The van der Waals surface area contributed by atoms with Crippen molar-refractivity contribution in [3.8, 4) is 0 Å². The van der Waals surface area contributed by atoms with Crippen LogP contribution < -0.4 is 5.32 Å². The predicted molar refractivity (Wildman–Crippen MR) is 109 cm³/mol. The van der Waals surface area contributed by atoms with Crippen molar-refractivity contribution in [2.24, 2.45) is 4.99 Å². The lowest BCUT2D eigenvalue weighted by Gasteiger charge is -2.39. The van der Waals surface area contributed by atoms with E-state index in [9.17, 15) is 8.42 Å². The number of pyridine rings is 1. The summed E-state index contributed by atoms with van der Waals surface area (Å²) in [6.07, 6.45) is 2.73. The molecule has 0 radical (unpaired) electrons. The third-order valence-corrected chi connectivity index (χ3v) is 6.76. The van der Waals surface area contributed by atoms with Gasteiger partial charge in [0.1, 0.15) is 0 Å². The molecule has 0 amide bonds. The van der Waals surface area contributed by atoms with Crippen molar-refractivity contribution in [2.45, 2.75) is 31.9 Å². The van der Waals surface area contributed by atoms with Gasteiger partial charge in [0.2, 0.25) is 0 Å². The first-order valence-corrected chi connectivity index (χ1v) is 9.50. The molecule has 0 aromatic carbocycles. The van der Waals surface area contributed by atoms with Gasteiger partial charge in [-0.05, 0) is 38.8 Å². The van der Waals surface area contributed by atoms with Crippen LogP contribution in [0.3, 0.4) is 0 Å². The zero-order chi connectivity index (χ0) is 17.1. The second-order valence-corrected chi connectivity index (χ2v) is 9.27. The average molecular weight is 466 g/mol. The molecule has 1 aliphatic heterocycles. The van der Waals surface area contributed by atoms with Gasteiger partial charge in [0.15, 0.2) is 15.8 Å². The molecule has 2 rings (SSSR count). The van der Waals surface area contributed by atoms with Gasteiger partial charge in [0.05, 0.1) is 10.5 Å². The first-order chi connectivity index (χ1) is 10.7. The second-order valence-electron chi connectivity index (χ2n) is 6.53. The van der Waals surface area contributed by atoms with Crippen LogP contribution in [0.4, 0.5) is 0 Å². The summed E-state index contributed by atoms with van der Waals surface area (Å²) < 4.78 is 23.4. The molecule has 136 valence electrons. The number of guanidine groups is 1. The Morgan fingerprint density at radius 3 is 2.67 bits per heavy atom. The zero-order valence-corrected chi connectivity index (χ0v) is 17.9. The zero-order valence-electron chi connectivity index (χ0n) is 14.7. The van der Waals surface area contributed by atoms with E-state index in [1.807, 2.05) is 24.1 Å². The summed E-state index contributed by atoms with van der Waals surface area (Å²) in [4.78, 5) is 10.6. The highest BCUT2D eigenvalue weighted by atomic mass is 127. The molecule has 0 unspecified atom stereocenters. The molecule has 1 N–H and O–H groups in total. The number of nitrogens with one attached hydrogen (secondary N) is 1. The Bertz CT molecular complexity index is 672. The van der Waals surface area contributed by atoms with E-state index in [-0.39, 0.29) is 29.7 Å². The van der Waals surface area contributed by atoms with Crippen molar-refractivity contribution < 1.29 is 8.42 Å². The summed E-state index contributed by atoms with van der Waals surface area (Å²) in [5.41, 5.74) is 2.18. The Morgan fingerprint density at radius 2 is 2.12 bits per heavy atom. The molecule has 0 atom stereocenters. The monoisotopic (exact) mass is 466 g/mol. The van der Waals surface area contributed by atoms with Crippen molar-refractivity contribution in [1.29, 1.82) is 0 Å². The summed E-state index contributed by atoms with van der Waals surface area (Å²) in [5, 5.41) is 3.32.